The Labute approximate surface area is 85.8 Å². The first-order valence-electron chi connectivity index (χ1n) is 5.08. The Kier molecular flexibility index (Phi) is 4.35. The molecule has 1 heterocycles. The number of rotatable bonds is 3. The Hall–Kier alpha value is -0.610. The summed E-state index contributed by atoms with van der Waals surface area (Å²) in [5.41, 5.74) is 0. The van der Waals surface area contributed by atoms with E-state index in [4.69, 9.17) is 4.74 Å². The Morgan fingerprint density at radius 1 is 1.57 bits per heavy atom. The molecule has 1 amide bonds. The molecule has 14 heavy (non-hydrogen) atoms. The van der Waals surface area contributed by atoms with Gasteiger partial charge in [0, 0.05) is 26.2 Å². The van der Waals surface area contributed by atoms with E-state index in [0.717, 1.165) is 19.5 Å². The maximum atomic E-state index is 11.5. The third-order valence-electron chi connectivity index (χ3n) is 2.75. The van der Waals surface area contributed by atoms with E-state index in [0.29, 0.717) is 6.04 Å². The molecule has 1 unspecified atom stereocenters. The van der Waals surface area contributed by atoms with Gasteiger partial charge in [0.1, 0.15) is 6.61 Å². The van der Waals surface area contributed by atoms with Gasteiger partial charge in [-0.25, -0.2) is 0 Å². The quantitative estimate of drug-likeness (QED) is 0.652. The van der Waals surface area contributed by atoms with Crippen LogP contribution < -0.4 is 0 Å². The first kappa shape index (κ1) is 11.5. The summed E-state index contributed by atoms with van der Waals surface area (Å²) in [6, 6.07) is 0.504. The minimum Gasteiger partial charge on any atom is -0.375 e. The van der Waals surface area contributed by atoms with Gasteiger partial charge < -0.3 is 14.5 Å². The van der Waals surface area contributed by atoms with Gasteiger partial charge in [0.05, 0.1) is 0 Å². The van der Waals surface area contributed by atoms with Gasteiger partial charge in [-0.1, -0.05) is 0 Å². The van der Waals surface area contributed by atoms with Crippen molar-refractivity contribution < 1.29 is 9.53 Å². The number of nitrogens with zero attached hydrogens (tertiary/aromatic N) is 2. The van der Waals surface area contributed by atoms with Gasteiger partial charge in [-0.15, -0.1) is 0 Å². The zero-order valence-electron chi connectivity index (χ0n) is 9.32. The van der Waals surface area contributed by atoms with Crippen molar-refractivity contribution in [3.8, 4) is 0 Å². The molecule has 1 rings (SSSR count). The van der Waals surface area contributed by atoms with Crippen molar-refractivity contribution in [3.05, 3.63) is 0 Å². The highest BCUT2D eigenvalue weighted by atomic mass is 16.5. The van der Waals surface area contributed by atoms with Crippen molar-refractivity contribution >= 4 is 5.91 Å². The lowest BCUT2D eigenvalue weighted by Crippen LogP contribution is -2.48. The Morgan fingerprint density at radius 2 is 2.29 bits per heavy atom. The molecular formula is C10H20N2O2. The second-order valence-electron chi connectivity index (χ2n) is 4.03. The molecule has 0 bridgehead atoms. The van der Waals surface area contributed by atoms with E-state index in [1.54, 1.807) is 7.11 Å². The third kappa shape index (κ3) is 2.96. The number of piperidine rings is 1. The van der Waals surface area contributed by atoms with Gasteiger partial charge >= 0.3 is 0 Å². The van der Waals surface area contributed by atoms with Gasteiger partial charge in [0.15, 0.2) is 0 Å². The summed E-state index contributed by atoms with van der Waals surface area (Å²) in [4.78, 5) is 15.6. The summed E-state index contributed by atoms with van der Waals surface area (Å²) in [7, 11) is 5.69. The van der Waals surface area contributed by atoms with Crippen LogP contribution in [-0.2, 0) is 9.53 Å². The zero-order chi connectivity index (χ0) is 10.6. The van der Waals surface area contributed by atoms with E-state index < -0.39 is 0 Å². The highest BCUT2D eigenvalue weighted by Crippen LogP contribution is 2.13. The smallest absolute Gasteiger partial charge is 0.248 e. The molecule has 1 aliphatic heterocycles. The summed E-state index contributed by atoms with van der Waals surface area (Å²) >= 11 is 0. The number of carbonyl (C=O) groups excluding carboxylic acids is 1. The van der Waals surface area contributed by atoms with Crippen molar-refractivity contribution in [2.24, 2.45) is 0 Å². The number of carbonyl (C=O) groups is 1. The fourth-order valence-electron chi connectivity index (χ4n) is 1.82. The molecule has 1 atom stereocenters. The normalized spacial score (nSPS) is 22.9. The van der Waals surface area contributed by atoms with Crippen LogP contribution in [-0.4, -0.2) is 62.7 Å². The van der Waals surface area contributed by atoms with E-state index in [-0.39, 0.29) is 12.5 Å². The van der Waals surface area contributed by atoms with E-state index in [1.807, 2.05) is 4.90 Å². The number of ether oxygens (including phenoxy) is 1. The van der Waals surface area contributed by atoms with E-state index in [9.17, 15) is 4.79 Å². The van der Waals surface area contributed by atoms with Crippen LogP contribution in [0.4, 0.5) is 0 Å². The Morgan fingerprint density at radius 3 is 2.86 bits per heavy atom. The molecule has 0 aliphatic carbocycles. The number of hydrogen-bond acceptors (Lipinski definition) is 3. The van der Waals surface area contributed by atoms with Crippen molar-refractivity contribution in [2.45, 2.75) is 18.9 Å². The van der Waals surface area contributed by atoms with Crippen LogP contribution in [0.5, 0.6) is 0 Å². The predicted molar refractivity (Wildman–Crippen MR) is 55.2 cm³/mol. The van der Waals surface area contributed by atoms with E-state index >= 15 is 0 Å². The molecule has 1 fully saturated rings. The van der Waals surface area contributed by atoms with Crippen LogP contribution in [0, 0.1) is 0 Å². The van der Waals surface area contributed by atoms with Crippen molar-refractivity contribution in [1.82, 2.24) is 9.80 Å². The fourth-order valence-corrected chi connectivity index (χ4v) is 1.82. The summed E-state index contributed by atoms with van der Waals surface area (Å²) in [5.74, 6) is 0.110. The predicted octanol–water partition coefficient (Wildman–Crippen LogP) is 0.185. The van der Waals surface area contributed by atoms with Crippen LogP contribution in [0.15, 0.2) is 0 Å². The highest BCUT2D eigenvalue weighted by molar-refractivity contribution is 5.77. The molecule has 0 N–H and O–H groups in total. The summed E-state index contributed by atoms with van der Waals surface area (Å²) in [6.45, 7) is 1.93. The summed E-state index contributed by atoms with van der Waals surface area (Å²) in [5, 5.41) is 0. The number of likely N-dealkylation sites (N-methyl/N-ethyl adjacent to an activating group) is 1. The first-order valence-corrected chi connectivity index (χ1v) is 5.08. The van der Waals surface area contributed by atoms with Crippen LogP contribution in [0.2, 0.25) is 0 Å². The number of likely N-dealkylation sites (tertiary alicyclic amines) is 1. The zero-order valence-corrected chi connectivity index (χ0v) is 9.32. The molecular weight excluding hydrogens is 180 g/mol. The number of hydrogen-bond donors (Lipinski definition) is 0. The van der Waals surface area contributed by atoms with Crippen molar-refractivity contribution in [1.29, 1.82) is 0 Å². The van der Waals surface area contributed by atoms with Crippen LogP contribution in [0.25, 0.3) is 0 Å². The molecule has 1 saturated heterocycles. The Balaban J connectivity index is 2.43. The summed E-state index contributed by atoms with van der Waals surface area (Å²) < 4.78 is 4.85. The molecule has 0 aromatic carbocycles. The number of amides is 1. The summed E-state index contributed by atoms with van der Waals surface area (Å²) in [6.07, 6.45) is 2.28. The molecule has 82 valence electrons. The third-order valence-corrected chi connectivity index (χ3v) is 2.75. The Bertz CT molecular complexity index is 195. The topological polar surface area (TPSA) is 32.8 Å². The second-order valence-corrected chi connectivity index (χ2v) is 4.03. The standard InChI is InChI=1S/C10H20N2O2/c1-11(2)9-5-4-6-12(7-9)10(13)8-14-3/h9H,4-8H2,1-3H3. The number of methoxy groups -OCH3 is 1. The van der Waals surface area contributed by atoms with Crippen LogP contribution >= 0.6 is 0 Å². The van der Waals surface area contributed by atoms with Gasteiger partial charge in [0.2, 0.25) is 5.91 Å². The molecule has 0 spiro atoms. The molecule has 0 aromatic heterocycles. The second kappa shape index (κ2) is 5.32. The lowest BCUT2D eigenvalue weighted by molar-refractivity contribution is -0.137. The van der Waals surface area contributed by atoms with Crippen LogP contribution in [0.1, 0.15) is 12.8 Å². The maximum absolute atomic E-state index is 11.5. The van der Waals surface area contributed by atoms with Gasteiger partial charge in [0.25, 0.3) is 0 Å². The highest BCUT2D eigenvalue weighted by Gasteiger charge is 2.24. The molecule has 0 aromatic rings. The van der Waals surface area contributed by atoms with E-state index in [2.05, 4.69) is 19.0 Å². The SMILES string of the molecule is COCC(=O)N1CCCC(N(C)C)C1. The molecule has 4 nitrogen and oxygen atoms in total. The monoisotopic (exact) mass is 200 g/mol. The van der Waals surface area contributed by atoms with Crippen LogP contribution in [0.3, 0.4) is 0 Å². The molecule has 4 heteroatoms. The molecule has 0 saturated carbocycles. The fraction of sp³-hybridized carbons (Fsp3) is 0.900. The average Bonchev–Trinajstić information content (AvgIpc) is 2.18. The van der Waals surface area contributed by atoms with Gasteiger partial charge in [-0.2, -0.15) is 0 Å². The van der Waals surface area contributed by atoms with Crippen molar-refractivity contribution in [3.63, 3.8) is 0 Å². The minimum absolute atomic E-state index is 0.110. The minimum atomic E-state index is 0.110. The maximum Gasteiger partial charge on any atom is 0.248 e. The molecule has 0 radical (unpaired) electrons. The first-order chi connectivity index (χ1) is 6.65. The lowest BCUT2D eigenvalue weighted by atomic mass is 10.1. The average molecular weight is 200 g/mol. The molecule has 1 aliphatic rings. The van der Waals surface area contributed by atoms with Crippen molar-refractivity contribution in [2.75, 3.05) is 40.9 Å². The van der Waals surface area contributed by atoms with Gasteiger partial charge in [-0.05, 0) is 26.9 Å². The van der Waals surface area contributed by atoms with E-state index in [1.165, 1.54) is 6.42 Å². The largest absolute Gasteiger partial charge is 0.375 e. The lowest BCUT2D eigenvalue weighted by Gasteiger charge is -2.36. The van der Waals surface area contributed by atoms with Gasteiger partial charge in [-0.3, -0.25) is 4.79 Å².